The molecular weight excluding hydrogens is 388 g/mol. The standard InChI is InChI=1S/C25H28N4O2/c1-31-23-10-6-5-9-22(23)27-13-15-28(16-14-27)25(30)21-18-29-17-20(11-12-24(29)26-21)19-7-3-2-4-8-19/h2-10,18,20H,11-17H2,1H3/t20-/m1/s1. The zero-order chi connectivity index (χ0) is 21.2. The van der Waals surface area contributed by atoms with E-state index < -0.39 is 0 Å². The summed E-state index contributed by atoms with van der Waals surface area (Å²) in [7, 11) is 1.70. The minimum atomic E-state index is 0.0397. The Morgan fingerprint density at radius 3 is 2.52 bits per heavy atom. The van der Waals surface area contributed by atoms with Crippen LogP contribution in [-0.4, -0.2) is 53.6 Å². The second-order valence-corrected chi connectivity index (χ2v) is 8.29. The molecule has 31 heavy (non-hydrogen) atoms. The molecule has 0 bridgehead atoms. The predicted octanol–water partition coefficient (Wildman–Crippen LogP) is 3.58. The number of anilines is 1. The minimum Gasteiger partial charge on any atom is -0.495 e. The number of amides is 1. The third kappa shape index (κ3) is 3.90. The van der Waals surface area contributed by atoms with Crippen LogP contribution in [0.4, 0.5) is 5.69 Å². The Morgan fingerprint density at radius 1 is 1.00 bits per heavy atom. The molecule has 5 rings (SSSR count). The van der Waals surface area contributed by atoms with Crippen LogP contribution in [0, 0.1) is 0 Å². The van der Waals surface area contributed by atoms with Crippen LogP contribution in [0.25, 0.3) is 0 Å². The molecule has 3 heterocycles. The quantitative estimate of drug-likeness (QED) is 0.652. The van der Waals surface area contributed by atoms with E-state index in [9.17, 15) is 4.79 Å². The molecule has 0 unspecified atom stereocenters. The summed E-state index contributed by atoms with van der Waals surface area (Å²) < 4.78 is 7.67. The first kappa shape index (κ1) is 19.7. The van der Waals surface area contributed by atoms with Gasteiger partial charge in [-0.3, -0.25) is 4.79 Å². The topological polar surface area (TPSA) is 50.6 Å². The Bertz CT molecular complexity index is 1050. The van der Waals surface area contributed by atoms with Gasteiger partial charge in [-0.25, -0.2) is 4.98 Å². The van der Waals surface area contributed by atoms with Gasteiger partial charge >= 0.3 is 0 Å². The van der Waals surface area contributed by atoms with Gasteiger partial charge in [0.2, 0.25) is 0 Å². The lowest BCUT2D eigenvalue weighted by Gasteiger charge is -2.36. The van der Waals surface area contributed by atoms with Crippen molar-refractivity contribution in [2.24, 2.45) is 0 Å². The van der Waals surface area contributed by atoms with E-state index in [4.69, 9.17) is 9.72 Å². The van der Waals surface area contributed by atoms with Gasteiger partial charge in [-0.2, -0.15) is 0 Å². The maximum atomic E-state index is 13.1. The number of piperazine rings is 1. The lowest BCUT2D eigenvalue weighted by atomic mass is 9.92. The highest BCUT2D eigenvalue weighted by atomic mass is 16.5. The number of carbonyl (C=O) groups is 1. The zero-order valence-corrected chi connectivity index (χ0v) is 17.9. The maximum Gasteiger partial charge on any atom is 0.274 e. The van der Waals surface area contributed by atoms with Crippen LogP contribution in [0.15, 0.2) is 60.8 Å². The van der Waals surface area contributed by atoms with Crippen LogP contribution in [0.2, 0.25) is 0 Å². The van der Waals surface area contributed by atoms with Gasteiger partial charge in [0.1, 0.15) is 17.3 Å². The molecule has 1 atom stereocenters. The van der Waals surface area contributed by atoms with E-state index in [1.807, 2.05) is 29.3 Å². The normalized spacial score (nSPS) is 18.5. The summed E-state index contributed by atoms with van der Waals surface area (Å²) in [5, 5.41) is 0. The lowest BCUT2D eigenvalue weighted by molar-refractivity contribution is 0.0741. The predicted molar refractivity (Wildman–Crippen MR) is 121 cm³/mol. The average Bonchev–Trinajstić information content (AvgIpc) is 3.28. The summed E-state index contributed by atoms with van der Waals surface area (Å²) in [6.45, 7) is 3.84. The second kappa shape index (κ2) is 8.46. The number of para-hydroxylation sites is 2. The SMILES string of the molecule is COc1ccccc1N1CCN(C(=O)c2cn3c(n2)CC[C@@H](c2ccccc2)C3)CC1. The molecule has 6 nitrogen and oxygen atoms in total. The largest absolute Gasteiger partial charge is 0.495 e. The van der Waals surface area contributed by atoms with Crippen molar-refractivity contribution >= 4 is 11.6 Å². The van der Waals surface area contributed by atoms with Crippen LogP contribution in [-0.2, 0) is 13.0 Å². The molecule has 1 fully saturated rings. The lowest BCUT2D eigenvalue weighted by Crippen LogP contribution is -2.49. The molecule has 0 N–H and O–H groups in total. The van der Waals surface area contributed by atoms with E-state index in [0.717, 1.165) is 49.7 Å². The summed E-state index contributed by atoms with van der Waals surface area (Å²) in [4.78, 5) is 22.0. The monoisotopic (exact) mass is 416 g/mol. The van der Waals surface area contributed by atoms with Crippen molar-refractivity contribution in [3.8, 4) is 5.75 Å². The van der Waals surface area contributed by atoms with Gasteiger partial charge in [0, 0.05) is 51.3 Å². The number of aryl methyl sites for hydroxylation is 1. The molecule has 1 saturated heterocycles. The zero-order valence-electron chi connectivity index (χ0n) is 17.9. The molecule has 6 heteroatoms. The van der Waals surface area contributed by atoms with Crippen molar-refractivity contribution in [3.05, 3.63) is 77.9 Å². The van der Waals surface area contributed by atoms with Crippen LogP contribution in [0.3, 0.4) is 0 Å². The fourth-order valence-electron chi connectivity index (χ4n) is 4.75. The number of methoxy groups -OCH3 is 1. The number of nitrogens with zero attached hydrogens (tertiary/aromatic N) is 4. The summed E-state index contributed by atoms with van der Waals surface area (Å²) in [5.74, 6) is 2.42. The number of imidazole rings is 1. The molecule has 160 valence electrons. The van der Waals surface area contributed by atoms with Gasteiger partial charge in [0.15, 0.2) is 0 Å². The molecular formula is C25H28N4O2. The van der Waals surface area contributed by atoms with Crippen LogP contribution >= 0.6 is 0 Å². The molecule has 3 aromatic rings. The fourth-order valence-corrected chi connectivity index (χ4v) is 4.75. The molecule has 0 saturated carbocycles. The third-order valence-corrected chi connectivity index (χ3v) is 6.48. The van der Waals surface area contributed by atoms with Gasteiger partial charge in [-0.05, 0) is 24.1 Å². The molecule has 1 amide bonds. The number of benzene rings is 2. The Labute approximate surface area is 183 Å². The Balaban J connectivity index is 1.25. The summed E-state index contributed by atoms with van der Waals surface area (Å²) in [6.07, 6.45) is 3.94. The van der Waals surface area contributed by atoms with E-state index in [2.05, 4.69) is 45.9 Å². The first-order chi connectivity index (χ1) is 15.2. The average molecular weight is 417 g/mol. The molecule has 0 radical (unpaired) electrons. The molecule has 2 aromatic carbocycles. The molecule has 0 spiro atoms. The van der Waals surface area contributed by atoms with Gasteiger partial charge in [0.25, 0.3) is 5.91 Å². The van der Waals surface area contributed by atoms with E-state index in [1.54, 1.807) is 7.11 Å². The van der Waals surface area contributed by atoms with Crippen molar-refractivity contribution in [2.45, 2.75) is 25.3 Å². The van der Waals surface area contributed by atoms with E-state index >= 15 is 0 Å². The van der Waals surface area contributed by atoms with Gasteiger partial charge in [0.05, 0.1) is 12.8 Å². The summed E-state index contributed by atoms with van der Waals surface area (Å²) in [6, 6.07) is 18.7. The number of fused-ring (bicyclic) bond motifs is 1. The number of ether oxygens (including phenoxy) is 1. The van der Waals surface area contributed by atoms with Crippen molar-refractivity contribution < 1.29 is 9.53 Å². The van der Waals surface area contributed by atoms with E-state index in [1.165, 1.54) is 5.56 Å². The third-order valence-electron chi connectivity index (χ3n) is 6.48. The number of hydrogen-bond donors (Lipinski definition) is 0. The Kier molecular flexibility index (Phi) is 5.37. The molecule has 2 aliphatic rings. The first-order valence-corrected chi connectivity index (χ1v) is 11.0. The van der Waals surface area contributed by atoms with Crippen molar-refractivity contribution in [1.29, 1.82) is 0 Å². The highest BCUT2D eigenvalue weighted by Crippen LogP contribution is 2.30. The smallest absolute Gasteiger partial charge is 0.274 e. The van der Waals surface area contributed by atoms with Crippen LogP contribution in [0.5, 0.6) is 5.75 Å². The maximum absolute atomic E-state index is 13.1. The minimum absolute atomic E-state index is 0.0397. The van der Waals surface area contributed by atoms with Gasteiger partial charge < -0.3 is 19.1 Å². The van der Waals surface area contributed by atoms with Crippen molar-refractivity contribution in [2.75, 3.05) is 38.2 Å². The number of carbonyl (C=O) groups excluding carboxylic acids is 1. The highest BCUT2D eigenvalue weighted by molar-refractivity contribution is 5.92. The number of hydrogen-bond acceptors (Lipinski definition) is 4. The first-order valence-electron chi connectivity index (χ1n) is 11.0. The van der Waals surface area contributed by atoms with E-state index in [0.29, 0.717) is 24.7 Å². The van der Waals surface area contributed by atoms with Crippen molar-refractivity contribution in [3.63, 3.8) is 0 Å². The second-order valence-electron chi connectivity index (χ2n) is 8.29. The number of aromatic nitrogens is 2. The van der Waals surface area contributed by atoms with Crippen LogP contribution in [0.1, 0.15) is 34.2 Å². The highest BCUT2D eigenvalue weighted by Gasteiger charge is 2.28. The van der Waals surface area contributed by atoms with Gasteiger partial charge in [-0.15, -0.1) is 0 Å². The fraction of sp³-hybridized carbons (Fsp3) is 0.360. The van der Waals surface area contributed by atoms with Crippen LogP contribution < -0.4 is 9.64 Å². The van der Waals surface area contributed by atoms with E-state index in [-0.39, 0.29) is 5.91 Å². The summed E-state index contributed by atoms with van der Waals surface area (Å²) >= 11 is 0. The molecule has 1 aromatic heterocycles. The van der Waals surface area contributed by atoms with Gasteiger partial charge in [-0.1, -0.05) is 42.5 Å². The Hall–Kier alpha value is -3.28. The molecule has 0 aliphatic carbocycles. The Morgan fingerprint density at radius 2 is 1.74 bits per heavy atom. The number of rotatable bonds is 4. The summed E-state index contributed by atoms with van der Waals surface area (Å²) in [5.41, 5.74) is 3.03. The molecule has 2 aliphatic heterocycles. The van der Waals surface area contributed by atoms with Crippen molar-refractivity contribution in [1.82, 2.24) is 14.5 Å².